The normalized spacial score (nSPS) is 25.7. The van der Waals surface area contributed by atoms with Gasteiger partial charge >= 0.3 is 0 Å². The van der Waals surface area contributed by atoms with Gasteiger partial charge in [-0.3, -0.25) is 0 Å². The van der Waals surface area contributed by atoms with Crippen molar-refractivity contribution in [2.75, 3.05) is 13.1 Å². The van der Waals surface area contributed by atoms with Gasteiger partial charge < -0.3 is 10.5 Å². The molecule has 0 radical (unpaired) electrons. The number of rotatable bonds is 3. The summed E-state index contributed by atoms with van der Waals surface area (Å²) in [5.74, 6) is 0. The molecule has 2 atom stereocenters. The molecular formula is C12H20N2O3S2. The van der Waals surface area contributed by atoms with Crippen LogP contribution in [-0.4, -0.2) is 38.0 Å². The van der Waals surface area contributed by atoms with Crippen LogP contribution in [0.25, 0.3) is 0 Å². The molecule has 1 fully saturated rings. The molecule has 0 bridgehead atoms. The second-order valence-corrected chi connectivity index (χ2v) is 7.79. The van der Waals surface area contributed by atoms with Crippen LogP contribution in [0.5, 0.6) is 0 Å². The van der Waals surface area contributed by atoms with Crippen LogP contribution in [0, 0.1) is 6.92 Å². The molecule has 5 nitrogen and oxygen atoms in total. The highest BCUT2D eigenvalue weighted by Crippen LogP contribution is 2.30. The fourth-order valence-electron chi connectivity index (χ4n) is 2.43. The van der Waals surface area contributed by atoms with Crippen LogP contribution in [0.4, 0.5) is 0 Å². The minimum absolute atomic E-state index is 0.0845. The zero-order chi connectivity index (χ0) is 14.2. The summed E-state index contributed by atoms with van der Waals surface area (Å²) < 4.78 is 32.6. The Bertz CT molecular complexity index is 543. The molecule has 0 spiro atoms. The average Bonchev–Trinajstić information content (AvgIpc) is 2.69. The monoisotopic (exact) mass is 304 g/mol. The van der Waals surface area contributed by atoms with Gasteiger partial charge in [-0.2, -0.15) is 4.31 Å². The summed E-state index contributed by atoms with van der Waals surface area (Å²) in [6, 6.07) is 0. The molecule has 2 N–H and O–H groups in total. The first-order valence-corrected chi connectivity index (χ1v) is 8.61. The number of thiophene rings is 1. The van der Waals surface area contributed by atoms with Crippen LogP contribution in [0.3, 0.4) is 0 Å². The number of nitrogens with two attached hydrogens (primary N) is 1. The summed E-state index contributed by atoms with van der Waals surface area (Å²) in [6.45, 7) is 6.64. The quantitative estimate of drug-likeness (QED) is 0.914. The van der Waals surface area contributed by atoms with Gasteiger partial charge in [-0.1, -0.05) is 0 Å². The maximum Gasteiger partial charge on any atom is 0.244 e. The minimum Gasteiger partial charge on any atom is -0.373 e. The van der Waals surface area contributed by atoms with Crippen molar-refractivity contribution in [3.63, 3.8) is 0 Å². The van der Waals surface area contributed by atoms with Crippen LogP contribution in [0.2, 0.25) is 0 Å². The summed E-state index contributed by atoms with van der Waals surface area (Å²) in [5.41, 5.74) is 6.42. The Morgan fingerprint density at radius 1 is 1.42 bits per heavy atom. The number of nitrogens with zero attached hydrogens (tertiary/aromatic N) is 1. The SMILES string of the molecule is Cc1csc(CN)c1S(=O)(=O)N1C[C@@H](C)O[C@@H](C)C1. The Morgan fingerprint density at radius 2 is 2.00 bits per heavy atom. The van der Waals surface area contributed by atoms with Gasteiger partial charge in [0.2, 0.25) is 10.0 Å². The van der Waals surface area contributed by atoms with E-state index in [1.165, 1.54) is 15.6 Å². The van der Waals surface area contributed by atoms with Crippen molar-refractivity contribution in [1.82, 2.24) is 4.31 Å². The summed E-state index contributed by atoms with van der Waals surface area (Å²) in [7, 11) is -3.47. The third-order valence-corrected chi connectivity index (χ3v) is 6.48. The van der Waals surface area contributed by atoms with Crippen molar-refractivity contribution in [2.45, 2.75) is 44.4 Å². The van der Waals surface area contributed by atoms with Gasteiger partial charge in [-0.05, 0) is 31.7 Å². The Hall–Kier alpha value is -0.470. The van der Waals surface area contributed by atoms with Gasteiger partial charge in [-0.25, -0.2) is 8.42 Å². The van der Waals surface area contributed by atoms with Crippen LogP contribution in [0.1, 0.15) is 24.3 Å². The molecule has 0 amide bonds. The highest BCUT2D eigenvalue weighted by Gasteiger charge is 2.34. The van der Waals surface area contributed by atoms with E-state index in [1.54, 1.807) is 0 Å². The molecule has 0 aromatic carbocycles. The first-order valence-electron chi connectivity index (χ1n) is 6.29. The van der Waals surface area contributed by atoms with E-state index in [-0.39, 0.29) is 18.8 Å². The van der Waals surface area contributed by atoms with E-state index in [9.17, 15) is 8.42 Å². The molecule has 108 valence electrons. The summed E-state index contributed by atoms with van der Waals surface area (Å²) in [4.78, 5) is 1.12. The Labute approximate surface area is 118 Å². The maximum atomic E-state index is 12.8. The number of sulfonamides is 1. The lowest BCUT2D eigenvalue weighted by Gasteiger charge is -2.34. The fourth-order valence-corrected chi connectivity index (χ4v) is 5.67. The van der Waals surface area contributed by atoms with Crippen molar-refractivity contribution in [3.8, 4) is 0 Å². The van der Waals surface area contributed by atoms with E-state index >= 15 is 0 Å². The fraction of sp³-hybridized carbons (Fsp3) is 0.667. The van der Waals surface area contributed by atoms with Gasteiger partial charge in [0.05, 0.1) is 12.2 Å². The molecular weight excluding hydrogens is 284 g/mol. The van der Waals surface area contributed by atoms with E-state index in [2.05, 4.69) is 0 Å². The molecule has 2 rings (SSSR count). The molecule has 1 aliphatic rings. The minimum atomic E-state index is -3.47. The van der Waals surface area contributed by atoms with E-state index in [4.69, 9.17) is 10.5 Å². The Balaban J connectivity index is 2.39. The number of hydrogen-bond acceptors (Lipinski definition) is 5. The number of aryl methyl sites for hydroxylation is 1. The highest BCUT2D eigenvalue weighted by atomic mass is 32.2. The van der Waals surface area contributed by atoms with Gasteiger partial charge in [0.25, 0.3) is 0 Å². The molecule has 19 heavy (non-hydrogen) atoms. The highest BCUT2D eigenvalue weighted by molar-refractivity contribution is 7.89. The predicted octanol–water partition coefficient (Wildman–Crippen LogP) is 1.31. The molecule has 0 unspecified atom stereocenters. The maximum absolute atomic E-state index is 12.8. The van der Waals surface area contributed by atoms with Gasteiger partial charge in [0, 0.05) is 24.5 Å². The topological polar surface area (TPSA) is 72.6 Å². The molecule has 1 aromatic rings. The largest absolute Gasteiger partial charge is 0.373 e. The van der Waals surface area contributed by atoms with Crippen molar-refractivity contribution in [3.05, 3.63) is 15.8 Å². The van der Waals surface area contributed by atoms with Crippen LogP contribution in [0.15, 0.2) is 10.3 Å². The van der Waals surface area contributed by atoms with Crippen LogP contribution < -0.4 is 5.73 Å². The Morgan fingerprint density at radius 3 is 2.53 bits per heavy atom. The zero-order valence-corrected chi connectivity index (χ0v) is 13.1. The van der Waals surface area contributed by atoms with Gasteiger partial charge in [-0.15, -0.1) is 11.3 Å². The molecule has 7 heteroatoms. The van der Waals surface area contributed by atoms with Crippen molar-refractivity contribution in [2.24, 2.45) is 5.73 Å². The number of morpholine rings is 1. The molecule has 1 aliphatic heterocycles. The molecule has 1 aromatic heterocycles. The summed E-state index contributed by atoms with van der Waals surface area (Å²) in [6.07, 6.45) is -0.169. The lowest BCUT2D eigenvalue weighted by molar-refractivity contribution is -0.0441. The van der Waals surface area contributed by atoms with E-state index in [0.29, 0.717) is 18.0 Å². The second kappa shape index (κ2) is 5.49. The lowest BCUT2D eigenvalue weighted by atomic mass is 10.3. The molecule has 0 saturated carbocycles. The number of ether oxygens (including phenoxy) is 1. The first-order chi connectivity index (χ1) is 8.86. The third-order valence-electron chi connectivity index (χ3n) is 3.16. The molecule has 0 aliphatic carbocycles. The molecule has 1 saturated heterocycles. The summed E-state index contributed by atoms with van der Waals surface area (Å²) >= 11 is 1.41. The van der Waals surface area contributed by atoms with E-state index in [1.807, 2.05) is 26.2 Å². The first kappa shape index (κ1) is 14.9. The number of hydrogen-bond donors (Lipinski definition) is 1. The van der Waals surface area contributed by atoms with Crippen molar-refractivity contribution < 1.29 is 13.2 Å². The second-order valence-electron chi connectivity index (χ2n) is 4.95. The van der Waals surface area contributed by atoms with Gasteiger partial charge in [0.15, 0.2) is 0 Å². The summed E-state index contributed by atoms with van der Waals surface area (Å²) in [5, 5.41) is 1.85. The average molecular weight is 304 g/mol. The van der Waals surface area contributed by atoms with Crippen molar-refractivity contribution >= 4 is 21.4 Å². The van der Waals surface area contributed by atoms with E-state index < -0.39 is 10.0 Å². The van der Waals surface area contributed by atoms with E-state index in [0.717, 1.165) is 10.4 Å². The van der Waals surface area contributed by atoms with Crippen LogP contribution >= 0.6 is 11.3 Å². The zero-order valence-electron chi connectivity index (χ0n) is 11.4. The smallest absolute Gasteiger partial charge is 0.244 e. The predicted molar refractivity (Wildman–Crippen MR) is 75.7 cm³/mol. The molecule has 2 heterocycles. The third kappa shape index (κ3) is 2.85. The lowest BCUT2D eigenvalue weighted by Crippen LogP contribution is -2.48. The van der Waals surface area contributed by atoms with Crippen LogP contribution in [-0.2, 0) is 21.3 Å². The Kier molecular flexibility index (Phi) is 4.32. The van der Waals surface area contributed by atoms with Crippen molar-refractivity contribution in [1.29, 1.82) is 0 Å². The van der Waals surface area contributed by atoms with Gasteiger partial charge in [0.1, 0.15) is 4.90 Å². The standard InChI is InChI=1S/C12H20N2O3S2/c1-8-7-18-11(4-13)12(8)19(15,16)14-5-9(2)17-10(3)6-14/h7,9-10H,4-6,13H2,1-3H3/t9-,10+.